The number of hydrogen-bond acceptors (Lipinski definition) is 7. The molecular formula is C49H65N7O6. The normalized spacial score (nSPS) is 15.8. The number of rotatable bonds is 17. The molecule has 62 heavy (non-hydrogen) atoms. The van der Waals surface area contributed by atoms with Crippen molar-refractivity contribution in [3.63, 3.8) is 0 Å². The standard InChI is InChI=1S/C49H65N7O6/c1-32(2)38-20-15-18-36(51-38)31-55-26-27-56(46(55)60)43(49(6,7)8)45(59)53-40(29-33-16-11-10-12-17-33)41(57)30-37(52-44(58)42(48(3,4)5)54(9)47(61)62)28-34-21-23-35(24-22-34)39-19-13-14-25-50-39/h10-25,32,37,40-43,57H,26-31H2,1-9H3,(H,52,58)(H,53,59)(H,61,62)/t37-,40+,41+,42-,43-/m1/s1. The number of urea groups is 1. The molecule has 0 radical (unpaired) electrons. The van der Waals surface area contributed by atoms with Crippen molar-refractivity contribution >= 4 is 23.9 Å². The van der Waals surface area contributed by atoms with E-state index < -0.39 is 59.0 Å². The van der Waals surface area contributed by atoms with Gasteiger partial charge in [0.1, 0.15) is 12.1 Å². The van der Waals surface area contributed by atoms with Crippen LogP contribution in [0.3, 0.4) is 0 Å². The Balaban J connectivity index is 1.42. The molecule has 1 aliphatic heterocycles. The highest BCUT2D eigenvalue weighted by atomic mass is 16.4. The van der Waals surface area contributed by atoms with Crippen molar-refractivity contribution < 1.29 is 29.4 Å². The van der Waals surface area contributed by atoms with Gasteiger partial charge in [0.15, 0.2) is 0 Å². The molecule has 5 amide bonds. The second kappa shape index (κ2) is 20.4. The first-order chi connectivity index (χ1) is 29.2. The summed E-state index contributed by atoms with van der Waals surface area (Å²) in [6, 6.07) is 25.2. The van der Waals surface area contributed by atoms with Gasteiger partial charge in [-0.25, -0.2) is 9.59 Å². The minimum Gasteiger partial charge on any atom is -0.465 e. The minimum atomic E-state index is -1.24. The van der Waals surface area contributed by atoms with E-state index in [4.69, 9.17) is 4.98 Å². The van der Waals surface area contributed by atoms with Gasteiger partial charge in [0, 0.05) is 43.6 Å². The lowest BCUT2D eigenvalue weighted by Crippen LogP contribution is -2.59. The maximum absolute atomic E-state index is 14.7. The van der Waals surface area contributed by atoms with Crippen LogP contribution in [0.15, 0.2) is 97.2 Å². The monoisotopic (exact) mass is 847 g/mol. The molecule has 0 bridgehead atoms. The Hall–Kier alpha value is -5.82. The van der Waals surface area contributed by atoms with E-state index in [1.54, 1.807) is 36.8 Å². The fourth-order valence-electron chi connectivity index (χ4n) is 8.33. The summed E-state index contributed by atoms with van der Waals surface area (Å²) in [5, 5.41) is 28.5. The van der Waals surface area contributed by atoms with Gasteiger partial charge < -0.3 is 30.6 Å². The number of aliphatic hydroxyl groups is 1. The van der Waals surface area contributed by atoms with Crippen molar-refractivity contribution in [3.8, 4) is 11.3 Å². The Morgan fingerprint density at radius 1 is 0.790 bits per heavy atom. The number of aliphatic hydroxyl groups excluding tert-OH is 1. The number of benzene rings is 2. The molecule has 5 atom stereocenters. The molecule has 13 heteroatoms. The first-order valence-corrected chi connectivity index (χ1v) is 21.5. The van der Waals surface area contributed by atoms with Crippen LogP contribution in [-0.2, 0) is 29.0 Å². The number of hydrogen-bond donors (Lipinski definition) is 4. The Kier molecular flexibility index (Phi) is 15.5. The average molecular weight is 848 g/mol. The SMILES string of the molecule is CC(C)c1cccc(CN2CCN([C@H](C(=O)N[C@@H](Cc3ccccc3)[C@@H](O)C[C@@H](Cc3ccc(-c4ccccn4)cc3)NC(=O)[C@@H](N(C)C(=O)O)C(C)(C)C)C(C)(C)C)C2=O)n1. The highest BCUT2D eigenvalue weighted by Gasteiger charge is 2.45. The average Bonchev–Trinajstić information content (AvgIpc) is 3.55. The van der Waals surface area contributed by atoms with Gasteiger partial charge in [-0.1, -0.05) is 122 Å². The highest BCUT2D eigenvalue weighted by Crippen LogP contribution is 2.30. The van der Waals surface area contributed by atoms with Gasteiger partial charge in [0.25, 0.3) is 0 Å². The Morgan fingerprint density at radius 2 is 1.45 bits per heavy atom. The minimum absolute atomic E-state index is 0.0260. The molecule has 4 N–H and O–H groups in total. The maximum Gasteiger partial charge on any atom is 0.407 e. The summed E-state index contributed by atoms with van der Waals surface area (Å²) in [4.78, 5) is 68.6. The largest absolute Gasteiger partial charge is 0.465 e. The van der Waals surface area contributed by atoms with E-state index in [9.17, 15) is 29.4 Å². The molecule has 1 saturated heterocycles. The van der Waals surface area contributed by atoms with Crippen molar-refractivity contribution in [3.05, 3.63) is 120 Å². The number of nitrogens with one attached hydrogen (secondary N) is 2. The molecule has 0 saturated carbocycles. The molecule has 332 valence electrons. The number of carbonyl (C=O) groups is 4. The van der Waals surface area contributed by atoms with Gasteiger partial charge >= 0.3 is 12.1 Å². The van der Waals surface area contributed by atoms with Crippen LogP contribution in [0.2, 0.25) is 0 Å². The first-order valence-electron chi connectivity index (χ1n) is 21.5. The van der Waals surface area contributed by atoms with E-state index >= 15 is 0 Å². The van der Waals surface area contributed by atoms with E-state index in [-0.39, 0.29) is 24.8 Å². The van der Waals surface area contributed by atoms with Gasteiger partial charge in [-0.15, -0.1) is 0 Å². The fraction of sp³-hybridized carbons (Fsp3) is 0.469. The molecule has 0 aliphatic carbocycles. The molecule has 1 aliphatic rings. The van der Waals surface area contributed by atoms with Crippen LogP contribution in [0.4, 0.5) is 9.59 Å². The van der Waals surface area contributed by atoms with Gasteiger partial charge in [0.05, 0.1) is 30.1 Å². The van der Waals surface area contributed by atoms with Crippen LogP contribution in [-0.4, -0.2) is 109 Å². The molecule has 2 aromatic carbocycles. The van der Waals surface area contributed by atoms with Crippen LogP contribution in [0, 0.1) is 10.8 Å². The van der Waals surface area contributed by atoms with Crippen LogP contribution in [0.5, 0.6) is 0 Å². The lowest BCUT2D eigenvalue weighted by molar-refractivity contribution is -0.131. The summed E-state index contributed by atoms with van der Waals surface area (Å²) in [6.07, 6.45) is -0.0753. The number of aromatic nitrogens is 2. The third-order valence-electron chi connectivity index (χ3n) is 11.4. The zero-order valence-corrected chi connectivity index (χ0v) is 37.7. The Bertz CT molecular complexity index is 2120. The van der Waals surface area contributed by atoms with Crippen molar-refractivity contribution in [1.29, 1.82) is 0 Å². The van der Waals surface area contributed by atoms with Gasteiger partial charge in [-0.05, 0) is 71.4 Å². The van der Waals surface area contributed by atoms with E-state index in [1.165, 1.54) is 7.05 Å². The molecule has 0 spiro atoms. The van der Waals surface area contributed by atoms with Gasteiger partial charge in [-0.3, -0.25) is 24.5 Å². The summed E-state index contributed by atoms with van der Waals surface area (Å²) in [5.74, 6) is -0.651. The Morgan fingerprint density at radius 3 is 2.05 bits per heavy atom. The Labute approximate surface area is 367 Å². The molecule has 1 fully saturated rings. The van der Waals surface area contributed by atoms with E-state index in [1.807, 2.05) is 112 Å². The number of pyridine rings is 2. The number of carboxylic acid groups (broad SMARTS) is 1. The van der Waals surface area contributed by atoms with Crippen LogP contribution < -0.4 is 10.6 Å². The van der Waals surface area contributed by atoms with E-state index in [2.05, 4.69) is 29.5 Å². The summed E-state index contributed by atoms with van der Waals surface area (Å²) < 4.78 is 0. The zero-order valence-electron chi connectivity index (χ0n) is 37.7. The predicted octanol–water partition coefficient (Wildman–Crippen LogP) is 7.15. The summed E-state index contributed by atoms with van der Waals surface area (Å²) in [5.41, 5.74) is 3.78. The quantitative estimate of drug-likeness (QED) is 0.0869. The van der Waals surface area contributed by atoms with E-state index in [0.717, 1.165) is 38.7 Å². The van der Waals surface area contributed by atoms with Crippen LogP contribution >= 0.6 is 0 Å². The van der Waals surface area contributed by atoms with Gasteiger partial charge in [0.2, 0.25) is 11.8 Å². The second-order valence-electron chi connectivity index (χ2n) is 19.0. The second-order valence-corrected chi connectivity index (χ2v) is 19.0. The molecule has 13 nitrogen and oxygen atoms in total. The summed E-state index contributed by atoms with van der Waals surface area (Å²) in [7, 11) is 1.38. The van der Waals surface area contributed by atoms with Crippen molar-refractivity contribution in [1.82, 2.24) is 35.3 Å². The third-order valence-corrected chi connectivity index (χ3v) is 11.4. The molecule has 5 rings (SSSR count). The van der Waals surface area contributed by atoms with Crippen LogP contribution in [0.1, 0.15) is 90.2 Å². The van der Waals surface area contributed by atoms with Crippen molar-refractivity contribution in [2.75, 3.05) is 20.1 Å². The molecule has 3 heterocycles. The number of nitrogens with zero attached hydrogens (tertiary/aromatic N) is 5. The summed E-state index contributed by atoms with van der Waals surface area (Å²) >= 11 is 0. The van der Waals surface area contributed by atoms with Crippen molar-refractivity contribution in [2.24, 2.45) is 10.8 Å². The van der Waals surface area contributed by atoms with Crippen molar-refractivity contribution in [2.45, 2.75) is 117 Å². The molecular weight excluding hydrogens is 783 g/mol. The number of amides is 5. The van der Waals surface area contributed by atoms with E-state index in [0.29, 0.717) is 26.1 Å². The molecule has 4 aromatic rings. The number of likely N-dealkylation sites (N-methyl/N-ethyl adjacent to an activating group) is 1. The zero-order chi connectivity index (χ0) is 45.4. The third kappa shape index (κ3) is 12.4. The lowest BCUT2D eigenvalue weighted by Gasteiger charge is -2.38. The lowest BCUT2D eigenvalue weighted by atomic mass is 9.84. The molecule has 0 unspecified atom stereocenters. The smallest absolute Gasteiger partial charge is 0.407 e. The topological polar surface area (TPSA) is 168 Å². The van der Waals surface area contributed by atoms with Gasteiger partial charge in [-0.2, -0.15) is 0 Å². The highest BCUT2D eigenvalue weighted by molar-refractivity contribution is 5.89. The number of carbonyl (C=O) groups excluding carboxylic acids is 3. The fourth-order valence-corrected chi connectivity index (χ4v) is 8.33. The molecule has 2 aromatic heterocycles. The first kappa shape index (κ1) is 47.2. The van der Waals surface area contributed by atoms with Crippen LogP contribution in [0.25, 0.3) is 11.3 Å². The summed E-state index contributed by atoms with van der Waals surface area (Å²) in [6.45, 7) is 16.4. The maximum atomic E-state index is 14.7. The predicted molar refractivity (Wildman–Crippen MR) is 241 cm³/mol.